The molecule has 0 radical (unpaired) electrons. The van der Waals surface area contributed by atoms with Gasteiger partial charge in [-0.15, -0.1) is 0 Å². The predicted molar refractivity (Wildman–Crippen MR) is 171 cm³/mol. The van der Waals surface area contributed by atoms with E-state index in [4.69, 9.17) is 34.8 Å². The third-order valence-electron chi connectivity index (χ3n) is 6.84. The summed E-state index contributed by atoms with van der Waals surface area (Å²) in [7, 11) is -4.60. The number of halogens is 6. The van der Waals surface area contributed by atoms with Gasteiger partial charge in [0.2, 0.25) is 11.8 Å². The highest BCUT2D eigenvalue weighted by Gasteiger charge is 2.37. The van der Waals surface area contributed by atoms with Gasteiger partial charge in [-0.2, -0.15) is 13.2 Å². The number of alkyl halides is 3. The minimum atomic E-state index is -4.90. The van der Waals surface area contributed by atoms with Gasteiger partial charge in [0.1, 0.15) is 12.6 Å². The first-order valence-electron chi connectivity index (χ1n) is 13.9. The molecule has 0 aromatic heterocycles. The zero-order valence-electron chi connectivity index (χ0n) is 25.0. The molecule has 45 heavy (non-hydrogen) atoms. The van der Waals surface area contributed by atoms with Crippen LogP contribution >= 0.6 is 34.8 Å². The molecule has 0 saturated heterocycles. The number of hydrogen-bond donors (Lipinski definition) is 1. The standard InChI is InChI=1S/C31H33Cl3F3N3O4S/c1-5-28(30(42)38-16-19(2)3)39(17-21-8-12-26(33)27(34)14-21)29(41)18-40(45(43,44)23-10-6-20(4)7-11-23)22-9-13-25(32)24(15-22)31(35,36)37/h6-15,19,28H,5,16-18H2,1-4H3,(H,38,42). The predicted octanol–water partition coefficient (Wildman–Crippen LogP) is 7.75. The van der Waals surface area contributed by atoms with Crippen LogP contribution < -0.4 is 9.62 Å². The second kappa shape index (κ2) is 15.1. The molecule has 0 aliphatic heterocycles. The lowest BCUT2D eigenvalue weighted by molar-refractivity contribution is -0.140. The van der Waals surface area contributed by atoms with Crippen molar-refractivity contribution in [3.8, 4) is 0 Å². The SMILES string of the molecule is CCC(C(=O)NCC(C)C)N(Cc1ccc(Cl)c(Cl)c1)C(=O)CN(c1ccc(Cl)c(C(F)(F)F)c1)S(=O)(=O)c1ccc(C)cc1. The van der Waals surface area contributed by atoms with Crippen molar-refractivity contribution in [3.63, 3.8) is 0 Å². The number of nitrogens with zero attached hydrogens (tertiary/aromatic N) is 2. The van der Waals surface area contributed by atoms with Crippen molar-refractivity contribution in [1.82, 2.24) is 10.2 Å². The third-order valence-corrected chi connectivity index (χ3v) is 9.70. The van der Waals surface area contributed by atoms with Crippen molar-refractivity contribution in [2.75, 3.05) is 17.4 Å². The Kier molecular flexibility index (Phi) is 12.2. The highest BCUT2D eigenvalue weighted by atomic mass is 35.5. The molecule has 1 N–H and O–H groups in total. The Balaban J connectivity index is 2.15. The van der Waals surface area contributed by atoms with E-state index >= 15 is 0 Å². The summed E-state index contributed by atoms with van der Waals surface area (Å²) in [6.07, 6.45) is -4.75. The zero-order valence-corrected chi connectivity index (χ0v) is 28.0. The smallest absolute Gasteiger partial charge is 0.354 e. The van der Waals surface area contributed by atoms with Crippen LogP contribution in [0.25, 0.3) is 0 Å². The number of sulfonamides is 1. The van der Waals surface area contributed by atoms with Crippen LogP contribution in [-0.2, 0) is 32.3 Å². The molecule has 0 fully saturated rings. The minimum absolute atomic E-state index is 0.105. The van der Waals surface area contributed by atoms with Crippen molar-refractivity contribution < 1.29 is 31.2 Å². The van der Waals surface area contributed by atoms with Gasteiger partial charge in [-0.25, -0.2) is 8.42 Å². The highest BCUT2D eigenvalue weighted by Crippen LogP contribution is 2.38. The lowest BCUT2D eigenvalue weighted by atomic mass is 10.1. The second-order valence-corrected chi connectivity index (χ2v) is 13.9. The van der Waals surface area contributed by atoms with Crippen molar-refractivity contribution in [2.45, 2.75) is 57.8 Å². The van der Waals surface area contributed by atoms with Crippen LogP contribution in [0.15, 0.2) is 65.6 Å². The summed E-state index contributed by atoms with van der Waals surface area (Å²) in [5.41, 5.74) is -0.474. The quantitative estimate of drug-likeness (QED) is 0.209. The van der Waals surface area contributed by atoms with Crippen molar-refractivity contribution in [2.24, 2.45) is 5.92 Å². The average molecular weight is 707 g/mol. The maximum Gasteiger partial charge on any atom is 0.417 e. The first-order chi connectivity index (χ1) is 20.9. The number of benzene rings is 3. The summed E-state index contributed by atoms with van der Waals surface area (Å²) in [6, 6.07) is 11.8. The lowest BCUT2D eigenvalue weighted by Crippen LogP contribution is -2.52. The first kappa shape index (κ1) is 36.5. The molecule has 14 heteroatoms. The van der Waals surface area contributed by atoms with Gasteiger partial charge in [-0.3, -0.25) is 13.9 Å². The topological polar surface area (TPSA) is 86.8 Å². The van der Waals surface area contributed by atoms with Crippen LogP contribution in [0.4, 0.5) is 18.9 Å². The molecule has 0 spiro atoms. The maximum absolute atomic E-state index is 14.1. The molecule has 0 bridgehead atoms. The maximum atomic E-state index is 14.1. The molecule has 7 nitrogen and oxygen atoms in total. The van der Waals surface area contributed by atoms with Crippen LogP contribution in [0.2, 0.25) is 15.1 Å². The lowest BCUT2D eigenvalue weighted by Gasteiger charge is -2.33. The molecule has 0 saturated carbocycles. The van der Waals surface area contributed by atoms with E-state index < -0.39 is 56.9 Å². The van der Waals surface area contributed by atoms with Gasteiger partial charge in [-0.05, 0) is 67.3 Å². The van der Waals surface area contributed by atoms with Crippen LogP contribution in [0.5, 0.6) is 0 Å². The van der Waals surface area contributed by atoms with Crippen LogP contribution in [0, 0.1) is 12.8 Å². The molecule has 0 aliphatic rings. The Morgan fingerprint density at radius 1 is 0.911 bits per heavy atom. The molecule has 244 valence electrons. The molecular formula is C31H33Cl3F3N3O4S. The number of rotatable bonds is 12. The molecule has 3 rings (SSSR count). The molecule has 1 unspecified atom stereocenters. The summed E-state index contributed by atoms with van der Waals surface area (Å²) >= 11 is 18.1. The van der Waals surface area contributed by atoms with Crippen molar-refractivity contribution in [1.29, 1.82) is 0 Å². The summed E-state index contributed by atoms with van der Waals surface area (Å²) in [6.45, 7) is 6.45. The molecule has 2 amide bonds. The van der Waals surface area contributed by atoms with Crippen LogP contribution in [0.3, 0.4) is 0 Å². The normalized spacial score (nSPS) is 12.6. The molecule has 3 aromatic rings. The Bertz CT molecular complexity index is 1640. The molecule has 3 aromatic carbocycles. The van der Waals surface area contributed by atoms with Crippen LogP contribution in [-0.4, -0.2) is 44.3 Å². The molecule has 1 atom stereocenters. The molecule has 0 heterocycles. The van der Waals surface area contributed by atoms with E-state index in [-0.39, 0.29) is 33.8 Å². The minimum Gasteiger partial charge on any atom is -0.354 e. The van der Waals surface area contributed by atoms with Gasteiger partial charge >= 0.3 is 6.18 Å². The fourth-order valence-electron chi connectivity index (χ4n) is 4.43. The number of carbonyl (C=O) groups excluding carboxylic acids is 2. The monoisotopic (exact) mass is 705 g/mol. The Morgan fingerprint density at radius 3 is 2.09 bits per heavy atom. The Hall–Kier alpha value is -2.99. The van der Waals surface area contributed by atoms with E-state index in [1.807, 2.05) is 13.8 Å². The van der Waals surface area contributed by atoms with Gasteiger partial charge in [0.05, 0.1) is 31.2 Å². The zero-order chi connectivity index (χ0) is 33.7. The number of hydrogen-bond acceptors (Lipinski definition) is 4. The van der Waals surface area contributed by atoms with Crippen molar-refractivity contribution in [3.05, 3.63) is 92.4 Å². The number of carbonyl (C=O) groups is 2. The average Bonchev–Trinajstić information content (AvgIpc) is 2.96. The third kappa shape index (κ3) is 9.28. The first-order valence-corrected chi connectivity index (χ1v) is 16.5. The molecular weight excluding hydrogens is 674 g/mol. The van der Waals surface area contributed by atoms with Gasteiger partial charge in [0, 0.05) is 13.1 Å². The largest absolute Gasteiger partial charge is 0.417 e. The van der Waals surface area contributed by atoms with E-state index in [2.05, 4.69) is 5.32 Å². The summed E-state index contributed by atoms with van der Waals surface area (Å²) in [5.74, 6) is -1.21. The second-order valence-electron chi connectivity index (χ2n) is 10.8. The number of nitrogens with one attached hydrogen (secondary N) is 1. The van der Waals surface area contributed by atoms with Gasteiger partial charge < -0.3 is 10.2 Å². The Morgan fingerprint density at radius 2 is 1.53 bits per heavy atom. The van der Waals surface area contributed by atoms with E-state index in [0.29, 0.717) is 22.5 Å². The summed E-state index contributed by atoms with van der Waals surface area (Å²) in [5, 5.41) is 2.62. The summed E-state index contributed by atoms with van der Waals surface area (Å²) in [4.78, 5) is 28.4. The number of anilines is 1. The summed E-state index contributed by atoms with van der Waals surface area (Å²) < 4.78 is 70.0. The number of amides is 2. The highest BCUT2D eigenvalue weighted by molar-refractivity contribution is 7.92. The Labute approximate surface area is 276 Å². The molecule has 0 aliphatic carbocycles. The van der Waals surface area contributed by atoms with Gasteiger partial charge in [0.25, 0.3) is 10.0 Å². The van der Waals surface area contributed by atoms with Crippen molar-refractivity contribution >= 4 is 62.3 Å². The van der Waals surface area contributed by atoms with Gasteiger partial charge in [-0.1, -0.05) is 79.3 Å². The van der Waals surface area contributed by atoms with Gasteiger partial charge in [0.15, 0.2) is 0 Å². The van der Waals surface area contributed by atoms with E-state index in [9.17, 15) is 31.2 Å². The van der Waals surface area contributed by atoms with E-state index in [0.717, 1.165) is 17.7 Å². The number of aryl methyl sites for hydroxylation is 1. The van der Waals surface area contributed by atoms with Crippen LogP contribution in [0.1, 0.15) is 43.9 Å². The fourth-order valence-corrected chi connectivity index (χ4v) is 6.38. The van der Waals surface area contributed by atoms with E-state index in [1.54, 1.807) is 19.9 Å². The van der Waals surface area contributed by atoms with E-state index in [1.165, 1.54) is 41.3 Å². The fraction of sp³-hybridized carbons (Fsp3) is 0.355.